The maximum absolute atomic E-state index is 12.0. The highest BCUT2D eigenvalue weighted by atomic mass is 16.5. The van der Waals surface area contributed by atoms with Crippen LogP contribution in [0.25, 0.3) is 11.1 Å². The fraction of sp³-hybridized carbons (Fsp3) is 0.250. The first kappa shape index (κ1) is 13.0. The fourth-order valence-electron chi connectivity index (χ4n) is 1.67. The number of carbonyl (C=O) groups excluding carboxylic acids is 2. The summed E-state index contributed by atoms with van der Waals surface area (Å²) in [7, 11) is 1.22. The molecule has 2 aromatic rings. The molecule has 0 radical (unpaired) electrons. The van der Waals surface area contributed by atoms with Gasteiger partial charge in [0.05, 0.1) is 25.1 Å². The molecule has 1 aromatic carbocycles. The molecule has 0 aliphatic carbocycles. The Kier molecular flexibility index (Phi) is 3.48. The van der Waals surface area contributed by atoms with Crippen LogP contribution in [0.4, 0.5) is 0 Å². The van der Waals surface area contributed by atoms with Crippen LogP contribution in [0.2, 0.25) is 0 Å². The highest BCUT2D eigenvalue weighted by molar-refractivity contribution is 6.03. The monoisotopic (exact) mass is 264 g/mol. The number of esters is 1. The van der Waals surface area contributed by atoms with Gasteiger partial charge in [0, 0.05) is 5.56 Å². The molecule has 0 saturated carbocycles. The predicted molar refractivity (Wildman–Crippen MR) is 65.8 cm³/mol. The first-order valence-corrected chi connectivity index (χ1v) is 5.50. The number of carbonyl (C=O) groups is 2. The summed E-state index contributed by atoms with van der Waals surface area (Å²) in [5.74, 6) is -1.58. The van der Waals surface area contributed by atoms with Crippen molar-refractivity contribution in [1.29, 1.82) is 0 Å². The van der Waals surface area contributed by atoms with Crippen molar-refractivity contribution in [2.45, 2.75) is 12.5 Å². The molecule has 19 heavy (non-hydrogen) atoms. The lowest BCUT2D eigenvalue weighted by molar-refractivity contribution is -0.140. The molecule has 1 aromatic heterocycles. The van der Waals surface area contributed by atoms with Gasteiger partial charge in [-0.05, 0) is 18.2 Å². The summed E-state index contributed by atoms with van der Waals surface area (Å²) in [6.07, 6.45) is -0.204. The van der Waals surface area contributed by atoms with E-state index in [0.717, 1.165) is 0 Å². The van der Waals surface area contributed by atoms with Crippen LogP contribution in [-0.2, 0) is 9.53 Å². The van der Waals surface area contributed by atoms with Gasteiger partial charge in [-0.2, -0.15) is 0 Å². The highest BCUT2D eigenvalue weighted by Gasteiger charge is 2.20. The molecule has 0 spiro atoms. The van der Waals surface area contributed by atoms with Gasteiger partial charge in [-0.3, -0.25) is 14.6 Å². The van der Waals surface area contributed by atoms with Crippen LogP contribution >= 0.6 is 0 Å². The van der Waals surface area contributed by atoms with E-state index in [-0.39, 0.29) is 17.6 Å². The minimum absolute atomic E-state index is 0.204. The second-order valence-electron chi connectivity index (χ2n) is 3.98. The minimum atomic E-state index is -0.990. The number of ketones is 1. The van der Waals surface area contributed by atoms with Crippen molar-refractivity contribution in [3.8, 4) is 0 Å². The number of oxazole rings is 1. The van der Waals surface area contributed by atoms with Crippen LogP contribution in [0.5, 0.6) is 0 Å². The number of H-pyrrole nitrogens is 1. The van der Waals surface area contributed by atoms with E-state index in [2.05, 4.69) is 9.72 Å². The van der Waals surface area contributed by atoms with Crippen LogP contribution in [-0.4, -0.2) is 29.9 Å². The number of hydrogen-bond acceptors (Lipinski definition) is 6. The van der Waals surface area contributed by atoms with Crippen molar-refractivity contribution in [1.82, 2.24) is 4.98 Å². The number of Topliss-reactive ketones (excluding diaryl/α,β-unsaturated/α-hetero) is 1. The van der Waals surface area contributed by atoms with E-state index < -0.39 is 23.6 Å². The van der Waals surface area contributed by atoms with Crippen LogP contribution in [0.1, 0.15) is 16.8 Å². The van der Waals surface area contributed by atoms with Gasteiger partial charge in [0.1, 0.15) is 0 Å². The zero-order chi connectivity index (χ0) is 14.0. The van der Waals surface area contributed by atoms with Gasteiger partial charge in [-0.15, -0.1) is 0 Å². The van der Waals surface area contributed by atoms with Crippen molar-refractivity contribution in [3.63, 3.8) is 0 Å². The van der Waals surface area contributed by atoms with Gasteiger partial charge < -0.3 is 14.9 Å². The molecule has 1 heterocycles. The van der Waals surface area contributed by atoms with E-state index in [0.29, 0.717) is 5.52 Å². The Balaban J connectivity index is 2.25. The number of rotatable bonds is 4. The Morgan fingerprint density at radius 1 is 1.47 bits per heavy atom. The van der Waals surface area contributed by atoms with Crippen LogP contribution < -0.4 is 11.5 Å². The van der Waals surface area contributed by atoms with E-state index in [1.807, 2.05) is 0 Å². The van der Waals surface area contributed by atoms with Crippen LogP contribution in [0, 0.1) is 0 Å². The second kappa shape index (κ2) is 5.07. The average Bonchev–Trinajstić information content (AvgIpc) is 2.76. The number of ether oxygens (including phenoxy) is 1. The molecule has 0 fully saturated rings. The number of hydrogen-bond donors (Lipinski definition) is 2. The van der Waals surface area contributed by atoms with Crippen molar-refractivity contribution >= 4 is 22.9 Å². The quantitative estimate of drug-likeness (QED) is 0.601. The SMILES string of the molecule is COC(=O)CC(N)C(=O)c1ccc2[nH]c(=O)oc2c1. The Morgan fingerprint density at radius 3 is 2.89 bits per heavy atom. The first-order chi connectivity index (χ1) is 9.01. The van der Waals surface area contributed by atoms with Crippen molar-refractivity contribution < 1.29 is 18.7 Å². The van der Waals surface area contributed by atoms with Crippen molar-refractivity contribution in [2.24, 2.45) is 5.73 Å². The Morgan fingerprint density at radius 2 is 2.21 bits per heavy atom. The molecule has 0 aliphatic rings. The van der Waals surface area contributed by atoms with Gasteiger partial charge in [0.25, 0.3) is 0 Å². The van der Waals surface area contributed by atoms with Gasteiger partial charge in [-0.1, -0.05) is 0 Å². The summed E-state index contributed by atoms with van der Waals surface area (Å²) in [6.45, 7) is 0. The van der Waals surface area contributed by atoms with Gasteiger partial charge in [0.15, 0.2) is 11.4 Å². The molecule has 7 nitrogen and oxygen atoms in total. The molecular formula is C12H12N2O5. The molecule has 0 saturated heterocycles. The van der Waals surface area contributed by atoms with Gasteiger partial charge >= 0.3 is 11.7 Å². The molecular weight excluding hydrogens is 252 g/mol. The third kappa shape index (κ3) is 2.71. The van der Waals surface area contributed by atoms with E-state index in [4.69, 9.17) is 10.2 Å². The summed E-state index contributed by atoms with van der Waals surface area (Å²) < 4.78 is 9.29. The number of benzene rings is 1. The number of fused-ring (bicyclic) bond motifs is 1. The first-order valence-electron chi connectivity index (χ1n) is 5.50. The lowest BCUT2D eigenvalue weighted by Gasteiger charge is -2.08. The molecule has 1 unspecified atom stereocenters. The topological polar surface area (TPSA) is 115 Å². The number of nitrogens with two attached hydrogens (primary N) is 1. The number of aromatic nitrogens is 1. The minimum Gasteiger partial charge on any atom is -0.469 e. The number of aromatic amines is 1. The maximum Gasteiger partial charge on any atom is 0.417 e. The second-order valence-corrected chi connectivity index (χ2v) is 3.98. The van der Waals surface area contributed by atoms with Crippen LogP contribution in [0.3, 0.4) is 0 Å². The van der Waals surface area contributed by atoms with E-state index in [9.17, 15) is 14.4 Å². The molecule has 0 aliphatic heterocycles. The highest BCUT2D eigenvalue weighted by Crippen LogP contribution is 2.14. The molecule has 100 valence electrons. The lowest BCUT2D eigenvalue weighted by Crippen LogP contribution is -2.33. The maximum atomic E-state index is 12.0. The lowest BCUT2D eigenvalue weighted by atomic mass is 10.0. The van der Waals surface area contributed by atoms with Crippen molar-refractivity contribution in [3.05, 3.63) is 34.3 Å². The third-order valence-electron chi connectivity index (χ3n) is 2.66. The summed E-state index contributed by atoms with van der Waals surface area (Å²) in [5, 5.41) is 0. The summed E-state index contributed by atoms with van der Waals surface area (Å²) in [6, 6.07) is 3.47. The summed E-state index contributed by atoms with van der Waals surface area (Å²) >= 11 is 0. The van der Waals surface area contributed by atoms with E-state index >= 15 is 0 Å². The average molecular weight is 264 g/mol. The third-order valence-corrected chi connectivity index (χ3v) is 2.66. The number of methoxy groups -OCH3 is 1. The van der Waals surface area contributed by atoms with E-state index in [1.54, 1.807) is 6.07 Å². The van der Waals surface area contributed by atoms with E-state index in [1.165, 1.54) is 19.2 Å². The Bertz CT molecular complexity index is 685. The zero-order valence-electron chi connectivity index (χ0n) is 10.1. The molecule has 3 N–H and O–H groups in total. The molecule has 2 rings (SSSR count). The van der Waals surface area contributed by atoms with Crippen LogP contribution in [0.15, 0.2) is 27.4 Å². The number of nitrogens with one attached hydrogen (secondary N) is 1. The van der Waals surface area contributed by atoms with Gasteiger partial charge in [-0.25, -0.2) is 4.79 Å². The largest absolute Gasteiger partial charge is 0.469 e. The molecule has 0 bridgehead atoms. The molecule has 1 atom stereocenters. The molecule has 7 heteroatoms. The standard InChI is InChI=1S/C12H12N2O5/c1-18-10(15)5-7(13)11(16)6-2-3-8-9(4-6)19-12(17)14-8/h2-4,7H,5,13H2,1H3,(H,14,17). The smallest absolute Gasteiger partial charge is 0.417 e. The molecule has 0 amide bonds. The Hall–Kier alpha value is -2.41. The summed E-state index contributed by atoms with van der Waals surface area (Å²) in [4.78, 5) is 36.5. The fourth-order valence-corrected chi connectivity index (χ4v) is 1.67. The van der Waals surface area contributed by atoms with Gasteiger partial charge in [0.2, 0.25) is 0 Å². The normalized spacial score (nSPS) is 12.3. The summed E-state index contributed by atoms with van der Waals surface area (Å²) in [5.41, 5.74) is 6.65. The predicted octanol–water partition coefficient (Wildman–Crippen LogP) is 0.194. The zero-order valence-corrected chi connectivity index (χ0v) is 10.1. The van der Waals surface area contributed by atoms with Crippen molar-refractivity contribution in [2.75, 3.05) is 7.11 Å². The Labute approximate surface area is 107 Å².